The van der Waals surface area contributed by atoms with Crippen LogP contribution in [0.25, 0.3) is 0 Å². The van der Waals surface area contributed by atoms with E-state index < -0.39 is 0 Å². The maximum atomic E-state index is 12.6. The number of benzene rings is 1. The highest BCUT2D eigenvalue weighted by atomic mass is 16.5. The number of urea groups is 1. The summed E-state index contributed by atoms with van der Waals surface area (Å²) in [6.45, 7) is 10.1. The lowest BCUT2D eigenvalue weighted by Gasteiger charge is -2.35. The standard InChI is InChI=1S/C22H31N5O2/c1-16(2)21-24-17(3)13-20(25-21)26-9-11-27(12-10-26)22(28)23-14-18-7-5-6-8-19(18)15-29-4/h5-8,13,16H,9-12,14-15H2,1-4H3,(H,23,28). The Labute approximate surface area is 173 Å². The Balaban J connectivity index is 1.55. The van der Waals surface area contributed by atoms with Gasteiger partial charge in [0, 0.05) is 57.5 Å². The van der Waals surface area contributed by atoms with Crippen LogP contribution >= 0.6 is 0 Å². The number of methoxy groups -OCH3 is 1. The van der Waals surface area contributed by atoms with Crippen molar-refractivity contribution in [2.75, 3.05) is 38.2 Å². The number of aromatic nitrogens is 2. The molecule has 0 aliphatic carbocycles. The Hall–Kier alpha value is -2.67. The first-order valence-corrected chi connectivity index (χ1v) is 10.2. The largest absolute Gasteiger partial charge is 0.380 e. The molecule has 2 amide bonds. The SMILES string of the molecule is COCc1ccccc1CNC(=O)N1CCN(c2cc(C)nc(C(C)C)n2)CC1. The van der Waals surface area contributed by atoms with Gasteiger partial charge in [0.1, 0.15) is 11.6 Å². The summed E-state index contributed by atoms with van der Waals surface area (Å²) in [4.78, 5) is 26.0. The first kappa shape index (κ1) is 21.0. The van der Waals surface area contributed by atoms with E-state index in [1.165, 1.54) is 0 Å². The Morgan fingerprint density at radius 2 is 1.83 bits per heavy atom. The molecule has 1 aromatic carbocycles. The van der Waals surface area contributed by atoms with E-state index in [1.807, 2.05) is 42.2 Å². The Morgan fingerprint density at radius 3 is 2.48 bits per heavy atom. The number of rotatable bonds is 6. The third-order valence-electron chi connectivity index (χ3n) is 5.11. The number of nitrogens with one attached hydrogen (secondary N) is 1. The minimum Gasteiger partial charge on any atom is -0.380 e. The number of carbonyl (C=O) groups excluding carboxylic acids is 1. The van der Waals surface area contributed by atoms with Gasteiger partial charge in [0.25, 0.3) is 0 Å². The lowest BCUT2D eigenvalue weighted by Crippen LogP contribution is -2.52. The Bertz CT molecular complexity index is 832. The summed E-state index contributed by atoms with van der Waals surface area (Å²) in [5.41, 5.74) is 3.16. The van der Waals surface area contributed by atoms with E-state index in [4.69, 9.17) is 9.72 Å². The molecular formula is C22H31N5O2. The van der Waals surface area contributed by atoms with Crippen LogP contribution in [0.15, 0.2) is 30.3 Å². The molecule has 2 heterocycles. The van der Waals surface area contributed by atoms with Crippen molar-refractivity contribution in [1.29, 1.82) is 0 Å². The summed E-state index contributed by atoms with van der Waals surface area (Å²) in [6.07, 6.45) is 0. The second-order valence-corrected chi connectivity index (χ2v) is 7.71. The van der Waals surface area contributed by atoms with E-state index in [0.29, 0.717) is 32.2 Å². The molecule has 0 bridgehead atoms. The average Bonchev–Trinajstić information content (AvgIpc) is 2.72. The molecule has 1 aromatic heterocycles. The molecule has 29 heavy (non-hydrogen) atoms. The van der Waals surface area contributed by atoms with Gasteiger partial charge < -0.3 is 19.9 Å². The van der Waals surface area contributed by atoms with Gasteiger partial charge in [-0.3, -0.25) is 0 Å². The van der Waals surface area contributed by atoms with Crippen molar-refractivity contribution < 1.29 is 9.53 Å². The molecule has 1 aliphatic rings. The molecule has 1 saturated heterocycles. The van der Waals surface area contributed by atoms with Gasteiger partial charge in [-0.25, -0.2) is 14.8 Å². The smallest absolute Gasteiger partial charge is 0.317 e. The molecule has 156 valence electrons. The van der Waals surface area contributed by atoms with Gasteiger partial charge in [0.05, 0.1) is 6.61 Å². The van der Waals surface area contributed by atoms with Crippen LogP contribution in [0.4, 0.5) is 10.6 Å². The molecule has 0 saturated carbocycles. The van der Waals surface area contributed by atoms with Gasteiger partial charge in [-0.15, -0.1) is 0 Å². The fraction of sp³-hybridized carbons (Fsp3) is 0.500. The normalized spacial score (nSPS) is 14.4. The minimum atomic E-state index is -0.0291. The van der Waals surface area contributed by atoms with Gasteiger partial charge in [0.15, 0.2) is 0 Å². The van der Waals surface area contributed by atoms with Crippen LogP contribution in [0.5, 0.6) is 0 Å². The minimum absolute atomic E-state index is 0.0291. The van der Waals surface area contributed by atoms with Crippen molar-refractivity contribution >= 4 is 11.8 Å². The number of hydrogen-bond acceptors (Lipinski definition) is 5. The zero-order valence-corrected chi connectivity index (χ0v) is 17.8. The molecule has 0 atom stereocenters. The van der Waals surface area contributed by atoms with Crippen LogP contribution in [-0.4, -0.2) is 54.2 Å². The van der Waals surface area contributed by atoms with Crippen molar-refractivity contribution in [3.05, 3.63) is 53.0 Å². The quantitative estimate of drug-likeness (QED) is 0.811. The summed E-state index contributed by atoms with van der Waals surface area (Å²) in [6, 6.07) is 10.0. The lowest BCUT2D eigenvalue weighted by atomic mass is 10.1. The second-order valence-electron chi connectivity index (χ2n) is 7.71. The number of anilines is 1. The van der Waals surface area contributed by atoms with Crippen molar-refractivity contribution in [3.8, 4) is 0 Å². The number of hydrogen-bond donors (Lipinski definition) is 1. The highest BCUT2D eigenvalue weighted by Gasteiger charge is 2.22. The fourth-order valence-corrected chi connectivity index (χ4v) is 3.44. The average molecular weight is 398 g/mol. The predicted octanol–water partition coefficient (Wildman–Crippen LogP) is 3.09. The molecule has 7 heteroatoms. The summed E-state index contributed by atoms with van der Waals surface area (Å²) in [5.74, 6) is 2.12. The molecule has 0 radical (unpaired) electrons. The third-order valence-corrected chi connectivity index (χ3v) is 5.11. The lowest BCUT2D eigenvalue weighted by molar-refractivity contribution is 0.183. The zero-order valence-electron chi connectivity index (χ0n) is 17.8. The van der Waals surface area contributed by atoms with Crippen molar-refractivity contribution in [2.24, 2.45) is 0 Å². The van der Waals surface area contributed by atoms with Gasteiger partial charge in [0.2, 0.25) is 0 Å². The first-order valence-electron chi connectivity index (χ1n) is 10.2. The topological polar surface area (TPSA) is 70.6 Å². The number of piperazine rings is 1. The predicted molar refractivity (Wildman–Crippen MR) is 114 cm³/mol. The number of ether oxygens (including phenoxy) is 1. The Morgan fingerprint density at radius 1 is 1.14 bits per heavy atom. The van der Waals surface area contributed by atoms with Crippen LogP contribution in [-0.2, 0) is 17.9 Å². The molecule has 2 aromatic rings. The third kappa shape index (κ3) is 5.44. The summed E-state index contributed by atoms with van der Waals surface area (Å²) in [5, 5.41) is 3.04. The highest BCUT2D eigenvalue weighted by Crippen LogP contribution is 2.19. The summed E-state index contributed by atoms with van der Waals surface area (Å²) in [7, 11) is 1.68. The van der Waals surface area contributed by atoms with Gasteiger partial charge >= 0.3 is 6.03 Å². The van der Waals surface area contributed by atoms with E-state index >= 15 is 0 Å². The second kappa shape index (κ2) is 9.69. The van der Waals surface area contributed by atoms with Crippen molar-refractivity contribution in [3.63, 3.8) is 0 Å². The molecule has 7 nitrogen and oxygen atoms in total. The number of aryl methyl sites for hydroxylation is 1. The number of amides is 2. The fourth-order valence-electron chi connectivity index (χ4n) is 3.44. The molecule has 1 N–H and O–H groups in total. The molecule has 0 spiro atoms. The van der Waals surface area contributed by atoms with Crippen LogP contribution in [0.1, 0.15) is 42.4 Å². The van der Waals surface area contributed by atoms with Crippen LogP contribution in [0.3, 0.4) is 0 Å². The van der Waals surface area contributed by atoms with Gasteiger partial charge in [-0.2, -0.15) is 0 Å². The molecular weight excluding hydrogens is 366 g/mol. The maximum Gasteiger partial charge on any atom is 0.317 e. The zero-order chi connectivity index (χ0) is 20.8. The van der Waals surface area contributed by atoms with Crippen molar-refractivity contribution in [2.45, 2.75) is 39.8 Å². The van der Waals surface area contributed by atoms with Gasteiger partial charge in [-0.1, -0.05) is 38.1 Å². The van der Waals surface area contributed by atoms with Crippen LogP contribution in [0, 0.1) is 6.92 Å². The summed E-state index contributed by atoms with van der Waals surface area (Å²) < 4.78 is 5.24. The first-order chi connectivity index (χ1) is 14.0. The summed E-state index contributed by atoms with van der Waals surface area (Å²) >= 11 is 0. The number of nitrogens with zero attached hydrogens (tertiary/aromatic N) is 4. The highest BCUT2D eigenvalue weighted by molar-refractivity contribution is 5.74. The van der Waals surface area contributed by atoms with Crippen LogP contribution < -0.4 is 10.2 Å². The van der Waals surface area contributed by atoms with Crippen LogP contribution in [0.2, 0.25) is 0 Å². The maximum absolute atomic E-state index is 12.6. The van der Waals surface area contributed by atoms with E-state index in [1.54, 1.807) is 7.11 Å². The molecule has 1 aliphatic heterocycles. The van der Waals surface area contributed by atoms with Gasteiger partial charge in [-0.05, 0) is 18.1 Å². The molecule has 3 rings (SSSR count). The van der Waals surface area contributed by atoms with Crippen molar-refractivity contribution in [1.82, 2.24) is 20.2 Å². The van der Waals surface area contributed by atoms with E-state index in [0.717, 1.165) is 41.6 Å². The monoisotopic (exact) mass is 397 g/mol. The van der Waals surface area contributed by atoms with E-state index in [2.05, 4.69) is 29.0 Å². The van der Waals surface area contributed by atoms with E-state index in [-0.39, 0.29) is 6.03 Å². The Kier molecular flexibility index (Phi) is 7.04. The molecule has 0 unspecified atom stereocenters. The number of carbonyl (C=O) groups is 1. The van der Waals surface area contributed by atoms with E-state index in [9.17, 15) is 4.79 Å². The molecule has 1 fully saturated rings.